The van der Waals surface area contributed by atoms with E-state index < -0.39 is 0 Å². The first-order valence-corrected chi connectivity index (χ1v) is 6.31. The highest BCUT2D eigenvalue weighted by molar-refractivity contribution is 9.10. The van der Waals surface area contributed by atoms with Crippen LogP contribution in [0, 0.1) is 0 Å². The molecule has 0 bridgehead atoms. The number of hydrogen-bond acceptors (Lipinski definition) is 1. The molecule has 88 valence electrons. The Morgan fingerprint density at radius 3 is 2.62 bits per heavy atom. The van der Waals surface area contributed by atoms with Crippen LogP contribution < -0.4 is 0 Å². The minimum Gasteiger partial charge on any atom is -0.335 e. The molecule has 16 heavy (non-hydrogen) atoms. The summed E-state index contributed by atoms with van der Waals surface area (Å²) in [6, 6.07) is 7.35. The van der Waals surface area contributed by atoms with Crippen molar-refractivity contribution in [1.29, 1.82) is 0 Å². The van der Waals surface area contributed by atoms with Crippen LogP contribution in [0.25, 0.3) is 0 Å². The van der Waals surface area contributed by atoms with Gasteiger partial charge in [0.1, 0.15) is 0 Å². The molecule has 0 saturated heterocycles. The second-order valence-electron chi connectivity index (χ2n) is 4.32. The molecule has 1 rings (SSSR count). The number of alkyl halides is 1. The smallest absolute Gasteiger partial charge is 0.254 e. The van der Waals surface area contributed by atoms with Crippen molar-refractivity contribution in [3.8, 4) is 0 Å². The van der Waals surface area contributed by atoms with Crippen molar-refractivity contribution < 1.29 is 4.79 Å². The van der Waals surface area contributed by atoms with Crippen molar-refractivity contribution in [2.24, 2.45) is 0 Å². The second kappa shape index (κ2) is 5.19. The Morgan fingerprint density at radius 1 is 1.50 bits per heavy atom. The highest BCUT2D eigenvalue weighted by Gasteiger charge is 2.27. The molecule has 0 atom stereocenters. The van der Waals surface area contributed by atoms with Gasteiger partial charge in [0.15, 0.2) is 0 Å². The number of hydrogen-bond donors (Lipinski definition) is 0. The lowest BCUT2D eigenvalue weighted by atomic mass is 10.0. The van der Waals surface area contributed by atoms with Crippen LogP contribution in [0.4, 0.5) is 0 Å². The van der Waals surface area contributed by atoms with Crippen molar-refractivity contribution in [2.45, 2.75) is 19.4 Å². The van der Waals surface area contributed by atoms with Crippen LogP contribution in [0.15, 0.2) is 28.7 Å². The Labute approximate surface area is 110 Å². The molecule has 1 aromatic rings. The molecule has 0 unspecified atom stereocenters. The standard InChI is InChI=1S/C12H15BrClNO/c1-12(2,8-14)15(3)11(16)9-5-4-6-10(13)7-9/h4-7H,8H2,1-3H3. The van der Waals surface area contributed by atoms with E-state index in [2.05, 4.69) is 15.9 Å². The summed E-state index contributed by atoms with van der Waals surface area (Å²) in [4.78, 5) is 13.8. The zero-order chi connectivity index (χ0) is 12.3. The molecule has 0 fully saturated rings. The molecule has 2 nitrogen and oxygen atoms in total. The zero-order valence-corrected chi connectivity index (χ0v) is 12.0. The van der Waals surface area contributed by atoms with Gasteiger partial charge < -0.3 is 4.90 Å². The lowest BCUT2D eigenvalue weighted by molar-refractivity contribution is 0.0660. The number of carbonyl (C=O) groups is 1. The van der Waals surface area contributed by atoms with Gasteiger partial charge in [-0.1, -0.05) is 22.0 Å². The van der Waals surface area contributed by atoms with Crippen LogP contribution in [-0.2, 0) is 0 Å². The van der Waals surface area contributed by atoms with Crippen LogP contribution in [0.5, 0.6) is 0 Å². The summed E-state index contributed by atoms with van der Waals surface area (Å²) in [5.41, 5.74) is 0.316. The Kier molecular flexibility index (Phi) is 4.39. The van der Waals surface area contributed by atoms with E-state index >= 15 is 0 Å². The molecule has 4 heteroatoms. The molecule has 1 aromatic carbocycles. The fourth-order valence-electron chi connectivity index (χ4n) is 1.18. The van der Waals surface area contributed by atoms with Crippen LogP contribution >= 0.6 is 27.5 Å². The summed E-state index contributed by atoms with van der Waals surface area (Å²) in [6.07, 6.45) is 0. The fraction of sp³-hybridized carbons (Fsp3) is 0.417. The van der Waals surface area contributed by atoms with Gasteiger partial charge in [0.2, 0.25) is 0 Å². The zero-order valence-electron chi connectivity index (χ0n) is 9.63. The summed E-state index contributed by atoms with van der Waals surface area (Å²) >= 11 is 9.20. The van der Waals surface area contributed by atoms with E-state index in [0.29, 0.717) is 11.4 Å². The first-order valence-electron chi connectivity index (χ1n) is 4.98. The SMILES string of the molecule is CN(C(=O)c1cccc(Br)c1)C(C)(C)CCl. The Hall–Kier alpha value is -0.540. The van der Waals surface area contributed by atoms with Gasteiger partial charge in [-0.3, -0.25) is 4.79 Å². The van der Waals surface area contributed by atoms with Crippen molar-refractivity contribution in [3.05, 3.63) is 34.3 Å². The minimum atomic E-state index is -0.346. The van der Waals surface area contributed by atoms with Gasteiger partial charge in [-0.25, -0.2) is 0 Å². The van der Waals surface area contributed by atoms with Gasteiger partial charge in [0, 0.05) is 23.0 Å². The molecule has 0 N–H and O–H groups in total. The third-order valence-electron chi connectivity index (χ3n) is 2.61. The molecular formula is C12H15BrClNO. The first-order chi connectivity index (χ1) is 7.38. The number of rotatable bonds is 3. The number of amides is 1. The molecular weight excluding hydrogens is 289 g/mol. The van der Waals surface area contributed by atoms with Gasteiger partial charge in [-0.05, 0) is 32.0 Å². The van der Waals surface area contributed by atoms with Crippen molar-refractivity contribution >= 4 is 33.4 Å². The average Bonchev–Trinajstić information content (AvgIpc) is 2.27. The molecule has 0 aromatic heterocycles. The van der Waals surface area contributed by atoms with E-state index in [1.807, 2.05) is 32.0 Å². The van der Waals surface area contributed by atoms with Crippen LogP contribution in [0.3, 0.4) is 0 Å². The Morgan fingerprint density at radius 2 is 2.12 bits per heavy atom. The largest absolute Gasteiger partial charge is 0.335 e. The van der Waals surface area contributed by atoms with Gasteiger partial charge in [-0.15, -0.1) is 11.6 Å². The summed E-state index contributed by atoms with van der Waals surface area (Å²) in [5, 5.41) is 0. The quantitative estimate of drug-likeness (QED) is 0.782. The number of halogens is 2. The Balaban J connectivity index is 2.95. The normalized spacial score (nSPS) is 11.3. The van der Waals surface area contributed by atoms with E-state index in [-0.39, 0.29) is 11.4 Å². The summed E-state index contributed by atoms with van der Waals surface area (Å²) in [5.74, 6) is 0.385. The maximum Gasteiger partial charge on any atom is 0.254 e. The summed E-state index contributed by atoms with van der Waals surface area (Å²) < 4.78 is 0.899. The highest BCUT2D eigenvalue weighted by Crippen LogP contribution is 2.19. The molecule has 1 amide bonds. The van der Waals surface area contributed by atoms with Gasteiger partial charge in [-0.2, -0.15) is 0 Å². The number of nitrogens with zero attached hydrogens (tertiary/aromatic N) is 1. The monoisotopic (exact) mass is 303 g/mol. The van der Waals surface area contributed by atoms with E-state index in [9.17, 15) is 4.79 Å². The molecule has 0 spiro atoms. The van der Waals surface area contributed by atoms with E-state index in [1.54, 1.807) is 18.0 Å². The van der Waals surface area contributed by atoms with Gasteiger partial charge >= 0.3 is 0 Å². The fourth-order valence-corrected chi connectivity index (χ4v) is 1.76. The third kappa shape index (κ3) is 2.98. The number of benzene rings is 1. The molecule has 0 radical (unpaired) electrons. The highest BCUT2D eigenvalue weighted by atomic mass is 79.9. The average molecular weight is 305 g/mol. The van der Waals surface area contributed by atoms with Crippen molar-refractivity contribution in [1.82, 2.24) is 4.90 Å². The number of carbonyl (C=O) groups excluding carboxylic acids is 1. The van der Waals surface area contributed by atoms with Crippen LogP contribution in [0.2, 0.25) is 0 Å². The van der Waals surface area contributed by atoms with E-state index in [4.69, 9.17) is 11.6 Å². The van der Waals surface area contributed by atoms with Gasteiger partial charge in [0.05, 0.1) is 5.54 Å². The molecule has 0 aliphatic heterocycles. The molecule has 0 heterocycles. The summed E-state index contributed by atoms with van der Waals surface area (Å²) in [6.45, 7) is 3.88. The molecule has 0 aliphatic rings. The van der Waals surface area contributed by atoms with Crippen LogP contribution in [-0.4, -0.2) is 29.3 Å². The lowest BCUT2D eigenvalue weighted by Crippen LogP contribution is -2.46. The van der Waals surface area contributed by atoms with E-state index in [0.717, 1.165) is 4.47 Å². The molecule has 0 saturated carbocycles. The van der Waals surface area contributed by atoms with Gasteiger partial charge in [0.25, 0.3) is 5.91 Å². The van der Waals surface area contributed by atoms with Crippen molar-refractivity contribution in [3.63, 3.8) is 0 Å². The predicted molar refractivity (Wildman–Crippen MR) is 71.0 cm³/mol. The third-order valence-corrected chi connectivity index (χ3v) is 3.76. The Bertz CT molecular complexity index is 392. The summed E-state index contributed by atoms with van der Waals surface area (Å²) in [7, 11) is 1.77. The van der Waals surface area contributed by atoms with E-state index in [1.165, 1.54) is 0 Å². The maximum absolute atomic E-state index is 12.1. The maximum atomic E-state index is 12.1. The predicted octanol–water partition coefficient (Wildman–Crippen LogP) is 3.54. The topological polar surface area (TPSA) is 20.3 Å². The lowest BCUT2D eigenvalue weighted by Gasteiger charge is -2.34. The van der Waals surface area contributed by atoms with Crippen LogP contribution in [0.1, 0.15) is 24.2 Å². The first kappa shape index (κ1) is 13.5. The van der Waals surface area contributed by atoms with Crippen molar-refractivity contribution in [2.75, 3.05) is 12.9 Å². The molecule has 0 aliphatic carbocycles. The second-order valence-corrected chi connectivity index (χ2v) is 5.50. The minimum absolute atomic E-state index is 0.0213.